The Morgan fingerprint density at radius 2 is 1.81 bits per heavy atom. The summed E-state index contributed by atoms with van der Waals surface area (Å²) < 4.78 is 5.82. The number of unbranched alkanes of at least 4 members (excludes halogenated alkanes) is 4. The first-order valence-electron chi connectivity index (χ1n) is 9.63. The van der Waals surface area contributed by atoms with Crippen molar-refractivity contribution in [3.05, 3.63) is 53.7 Å². The summed E-state index contributed by atoms with van der Waals surface area (Å²) >= 11 is 1.59. The van der Waals surface area contributed by atoms with Crippen LogP contribution in [-0.2, 0) is 0 Å². The number of hydrogen-bond acceptors (Lipinski definition) is 5. The average Bonchev–Trinajstić information content (AvgIpc) is 3.15. The monoisotopic (exact) mass is 381 g/mol. The van der Waals surface area contributed by atoms with Gasteiger partial charge in [-0.15, -0.1) is 11.3 Å². The van der Waals surface area contributed by atoms with Gasteiger partial charge >= 0.3 is 0 Å². The molecular weight excluding hydrogens is 354 g/mol. The molecule has 4 nitrogen and oxygen atoms in total. The number of nitrogens with one attached hydrogen (secondary N) is 1. The summed E-state index contributed by atoms with van der Waals surface area (Å²) in [4.78, 5) is 8.98. The van der Waals surface area contributed by atoms with Crippen molar-refractivity contribution >= 4 is 22.2 Å². The maximum Gasteiger partial charge on any atom is 0.187 e. The third-order valence-electron chi connectivity index (χ3n) is 4.33. The number of hydrogen-bond donors (Lipinski definition) is 1. The van der Waals surface area contributed by atoms with Crippen molar-refractivity contribution in [3.8, 4) is 17.0 Å². The number of rotatable bonds is 10. The molecule has 0 bridgehead atoms. The van der Waals surface area contributed by atoms with E-state index in [1.807, 2.05) is 48.8 Å². The van der Waals surface area contributed by atoms with Crippen molar-refractivity contribution in [2.75, 3.05) is 11.9 Å². The van der Waals surface area contributed by atoms with Crippen molar-refractivity contribution < 1.29 is 4.74 Å². The van der Waals surface area contributed by atoms with Gasteiger partial charge in [-0.25, -0.2) is 4.98 Å². The van der Waals surface area contributed by atoms with Crippen LogP contribution in [0.1, 0.15) is 44.7 Å². The number of aromatic nitrogens is 2. The molecule has 3 rings (SSSR count). The first-order valence-corrected chi connectivity index (χ1v) is 10.5. The predicted molar refractivity (Wildman–Crippen MR) is 114 cm³/mol. The van der Waals surface area contributed by atoms with Crippen LogP contribution in [-0.4, -0.2) is 16.6 Å². The Bertz CT molecular complexity index is 812. The van der Waals surface area contributed by atoms with E-state index in [1.165, 1.54) is 25.7 Å². The Morgan fingerprint density at radius 1 is 1.00 bits per heavy atom. The van der Waals surface area contributed by atoms with E-state index in [4.69, 9.17) is 4.74 Å². The fraction of sp³-hybridized carbons (Fsp3) is 0.364. The summed E-state index contributed by atoms with van der Waals surface area (Å²) in [6.07, 6.45) is 8.13. The van der Waals surface area contributed by atoms with E-state index in [9.17, 15) is 0 Å². The molecule has 1 aromatic carbocycles. The van der Waals surface area contributed by atoms with Crippen LogP contribution in [0.15, 0.2) is 48.0 Å². The molecule has 0 saturated heterocycles. The zero-order valence-electron chi connectivity index (χ0n) is 16.1. The normalized spacial score (nSPS) is 10.7. The highest BCUT2D eigenvalue weighted by atomic mass is 32.1. The first kappa shape index (κ1) is 19.4. The standard InChI is InChI=1S/C22H27N3OS/c1-3-4-5-6-7-14-26-20-12-10-19(11-13-20)24-22-25-21(16-27-22)18-9-8-17(2)23-15-18/h8-13,15-16H,3-7,14H2,1-2H3,(H,24,25). The van der Waals surface area contributed by atoms with Gasteiger partial charge in [-0.1, -0.05) is 32.6 Å². The lowest BCUT2D eigenvalue weighted by Crippen LogP contribution is -1.97. The molecule has 0 aliphatic rings. The molecule has 0 aliphatic carbocycles. The number of benzene rings is 1. The van der Waals surface area contributed by atoms with E-state index in [-0.39, 0.29) is 0 Å². The van der Waals surface area contributed by atoms with Gasteiger partial charge in [-0.2, -0.15) is 0 Å². The van der Waals surface area contributed by atoms with Crippen LogP contribution >= 0.6 is 11.3 Å². The average molecular weight is 382 g/mol. The fourth-order valence-electron chi connectivity index (χ4n) is 2.74. The Morgan fingerprint density at radius 3 is 2.56 bits per heavy atom. The molecule has 0 radical (unpaired) electrons. The van der Waals surface area contributed by atoms with Gasteiger partial charge in [0.1, 0.15) is 5.75 Å². The highest BCUT2D eigenvalue weighted by Crippen LogP contribution is 2.27. The minimum absolute atomic E-state index is 0.789. The van der Waals surface area contributed by atoms with Gasteiger partial charge < -0.3 is 10.1 Å². The molecule has 5 heteroatoms. The van der Waals surface area contributed by atoms with Gasteiger partial charge in [0.25, 0.3) is 0 Å². The van der Waals surface area contributed by atoms with Crippen molar-refractivity contribution in [1.82, 2.24) is 9.97 Å². The molecule has 2 heterocycles. The third-order valence-corrected chi connectivity index (χ3v) is 5.09. The van der Waals surface area contributed by atoms with Crippen LogP contribution < -0.4 is 10.1 Å². The lowest BCUT2D eigenvalue weighted by atomic mass is 10.2. The molecule has 27 heavy (non-hydrogen) atoms. The second-order valence-electron chi connectivity index (χ2n) is 6.64. The number of ether oxygens (including phenoxy) is 1. The van der Waals surface area contributed by atoms with E-state index in [2.05, 4.69) is 28.3 Å². The van der Waals surface area contributed by atoms with Crippen LogP contribution in [0.4, 0.5) is 10.8 Å². The molecular formula is C22H27N3OS. The van der Waals surface area contributed by atoms with Gasteiger partial charge in [-0.3, -0.25) is 4.98 Å². The molecule has 0 spiro atoms. The fourth-order valence-corrected chi connectivity index (χ4v) is 3.48. The third kappa shape index (κ3) is 6.07. The van der Waals surface area contributed by atoms with Crippen molar-refractivity contribution in [3.63, 3.8) is 0 Å². The van der Waals surface area contributed by atoms with Crippen molar-refractivity contribution in [1.29, 1.82) is 0 Å². The van der Waals surface area contributed by atoms with E-state index >= 15 is 0 Å². The minimum Gasteiger partial charge on any atom is -0.494 e. The number of aryl methyl sites for hydroxylation is 1. The molecule has 0 amide bonds. The minimum atomic E-state index is 0.789. The summed E-state index contributed by atoms with van der Waals surface area (Å²) in [5, 5.41) is 6.27. The molecule has 1 N–H and O–H groups in total. The van der Waals surface area contributed by atoms with E-state index in [0.717, 1.165) is 46.5 Å². The number of anilines is 2. The van der Waals surface area contributed by atoms with Crippen molar-refractivity contribution in [2.24, 2.45) is 0 Å². The Kier molecular flexibility index (Phi) is 7.22. The number of pyridine rings is 1. The lowest BCUT2D eigenvalue weighted by molar-refractivity contribution is 0.304. The molecule has 0 fully saturated rings. The highest BCUT2D eigenvalue weighted by molar-refractivity contribution is 7.14. The molecule has 0 unspecified atom stereocenters. The SMILES string of the molecule is CCCCCCCOc1ccc(Nc2nc(-c3ccc(C)nc3)cs2)cc1. The Labute approximate surface area is 165 Å². The molecule has 3 aromatic rings. The van der Waals surface area contributed by atoms with Crippen LogP contribution in [0.5, 0.6) is 5.75 Å². The van der Waals surface area contributed by atoms with E-state index < -0.39 is 0 Å². The van der Waals surface area contributed by atoms with E-state index in [1.54, 1.807) is 11.3 Å². The van der Waals surface area contributed by atoms with Crippen LogP contribution in [0.25, 0.3) is 11.3 Å². The largest absolute Gasteiger partial charge is 0.494 e. The molecule has 2 aromatic heterocycles. The molecule has 0 saturated carbocycles. The Hall–Kier alpha value is -2.40. The van der Waals surface area contributed by atoms with E-state index in [0.29, 0.717) is 0 Å². The molecule has 142 valence electrons. The van der Waals surface area contributed by atoms with Crippen LogP contribution in [0, 0.1) is 6.92 Å². The second-order valence-corrected chi connectivity index (χ2v) is 7.50. The summed E-state index contributed by atoms with van der Waals surface area (Å²) in [7, 11) is 0. The maximum absolute atomic E-state index is 5.82. The zero-order chi connectivity index (χ0) is 18.9. The summed E-state index contributed by atoms with van der Waals surface area (Å²) in [5.74, 6) is 0.918. The molecule has 0 atom stereocenters. The van der Waals surface area contributed by atoms with Crippen LogP contribution in [0.2, 0.25) is 0 Å². The number of thiazole rings is 1. The van der Waals surface area contributed by atoms with Gasteiger partial charge in [0, 0.05) is 28.5 Å². The zero-order valence-corrected chi connectivity index (χ0v) is 16.9. The second kappa shape index (κ2) is 10.1. The summed E-state index contributed by atoms with van der Waals surface area (Å²) in [6, 6.07) is 12.1. The highest BCUT2D eigenvalue weighted by Gasteiger charge is 2.05. The van der Waals surface area contributed by atoms with Crippen LogP contribution in [0.3, 0.4) is 0 Å². The summed E-state index contributed by atoms with van der Waals surface area (Å²) in [5.41, 5.74) is 3.99. The predicted octanol–water partition coefficient (Wildman–Crippen LogP) is 6.61. The maximum atomic E-state index is 5.82. The lowest BCUT2D eigenvalue weighted by Gasteiger charge is -2.07. The Balaban J connectivity index is 1.49. The number of nitrogens with zero attached hydrogens (tertiary/aromatic N) is 2. The van der Waals surface area contributed by atoms with Gasteiger partial charge in [0.05, 0.1) is 12.3 Å². The molecule has 0 aliphatic heterocycles. The van der Waals surface area contributed by atoms with Gasteiger partial charge in [0.2, 0.25) is 0 Å². The smallest absolute Gasteiger partial charge is 0.187 e. The quantitative estimate of drug-likeness (QED) is 0.402. The van der Waals surface area contributed by atoms with Crippen molar-refractivity contribution in [2.45, 2.75) is 46.0 Å². The summed E-state index contributed by atoms with van der Waals surface area (Å²) in [6.45, 7) is 5.01. The topological polar surface area (TPSA) is 47.0 Å². The first-order chi connectivity index (χ1) is 13.2. The van der Waals surface area contributed by atoms with Gasteiger partial charge in [0.15, 0.2) is 5.13 Å². The van der Waals surface area contributed by atoms with Gasteiger partial charge in [-0.05, 0) is 49.7 Å².